The van der Waals surface area contributed by atoms with Crippen molar-refractivity contribution in [1.29, 1.82) is 0 Å². The predicted molar refractivity (Wildman–Crippen MR) is 265 cm³/mol. The Morgan fingerprint density at radius 2 is 0.775 bits per heavy atom. The quantitative estimate of drug-likeness (QED) is 0.0321. The zero-order valence-electron chi connectivity index (χ0n) is 42.9. The first-order valence-corrected chi connectivity index (χ1v) is 26.4. The number of nitrogens with one attached hydrogen (secondary N) is 2. The van der Waals surface area contributed by atoms with E-state index in [1.165, 1.54) is 57.8 Å². The number of ether oxygens (including phenoxy) is 4. The fourth-order valence-corrected chi connectivity index (χ4v) is 7.64. The number of hydrogen-bond acceptors (Lipinski definition) is 13. The van der Waals surface area contributed by atoms with Crippen LogP contribution < -0.4 is 10.6 Å². The van der Waals surface area contributed by atoms with Crippen LogP contribution in [0.25, 0.3) is 0 Å². The van der Waals surface area contributed by atoms with Crippen molar-refractivity contribution in [2.75, 3.05) is 65.9 Å². The first kappa shape index (κ1) is 66.7. The number of ketones is 3. The van der Waals surface area contributed by atoms with Crippen molar-refractivity contribution in [3.05, 3.63) is 0 Å². The van der Waals surface area contributed by atoms with Crippen LogP contribution in [-0.2, 0) is 62.1 Å². The second kappa shape index (κ2) is 46.7. The lowest BCUT2D eigenvalue weighted by Gasteiger charge is -2.12. The van der Waals surface area contributed by atoms with Crippen LogP contribution in [0.5, 0.6) is 0 Å². The number of carbonyl (C=O) groups excluding carboxylic acids is 5. The lowest BCUT2D eigenvalue weighted by molar-refractivity contribution is -0.145. The molecule has 0 unspecified atom stereocenters. The van der Waals surface area contributed by atoms with Gasteiger partial charge in [-0.1, -0.05) is 103 Å². The number of rotatable bonds is 54. The zero-order chi connectivity index (χ0) is 52.7. The topological polar surface area (TPSA) is 296 Å². The van der Waals surface area contributed by atoms with Gasteiger partial charge in [-0.25, -0.2) is 0 Å². The minimum atomic E-state index is -1.18. The highest BCUT2D eigenvalue weighted by Crippen LogP contribution is 2.18. The molecular formula is C52H90N2O17. The Morgan fingerprint density at radius 1 is 0.366 bits per heavy atom. The summed E-state index contributed by atoms with van der Waals surface area (Å²) in [5, 5.41) is 42.0. The average molecular weight is 1020 g/mol. The second-order valence-corrected chi connectivity index (χ2v) is 18.6. The number of aliphatic carboxylic acids is 4. The number of amides is 2. The third-order valence-corrected chi connectivity index (χ3v) is 12.1. The van der Waals surface area contributed by atoms with Crippen LogP contribution >= 0.6 is 0 Å². The summed E-state index contributed by atoms with van der Waals surface area (Å²) in [6.07, 6.45) is 20.6. The monoisotopic (exact) mass is 1010 g/mol. The fourth-order valence-electron chi connectivity index (χ4n) is 7.64. The summed E-state index contributed by atoms with van der Waals surface area (Å²) >= 11 is 0. The Labute approximate surface area is 422 Å². The molecule has 0 aromatic rings. The summed E-state index contributed by atoms with van der Waals surface area (Å²) in [6, 6.07) is 0. The van der Waals surface area contributed by atoms with Crippen LogP contribution in [0.15, 0.2) is 0 Å². The van der Waals surface area contributed by atoms with Gasteiger partial charge in [-0.05, 0) is 44.9 Å². The zero-order valence-corrected chi connectivity index (χ0v) is 42.9. The molecule has 3 atom stereocenters. The lowest BCUT2D eigenvalue weighted by Crippen LogP contribution is -2.29. The van der Waals surface area contributed by atoms with Crippen molar-refractivity contribution >= 4 is 53.0 Å². The molecule has 0 aromatic carbocycles. The van der Waals surface area contributed by atoms with Crippen LogP contribution in [0.1, 0.15) is 193 Å². The van der Waals surface area contributed by atoms with Gasteiger partial charge in [0.25, 0.3) is 0 Å². The van der Waals surface area contributed by atoms with E-state index >= 15 is 0 Å². The van der Waals surface area contributed by atoms with Gasteiger partial charge < -0.3 is 50.0 Å². The van der Waals surface area contributed by atoms with Crippen LogP contribution in [0.4, 0.5) is 0 Å². The fraction of sp³-hybridized carbons (Fsp3) is 0.827. The summed E-state index contributed by atoms with van der Waals surface area (Å²) in [4.78, 5) is 106. The molecule has 410 valence electrons. The number of carbonyl (C=O) groups is 9. The molecule has 0 aromatic heterocycles. The van der Waals surface area contributed by atoms with E-state index in [1.807, 2.05) is 0 Å². The number of Topliss-reactive ketones (excluding diaryl/α,β-unsaturated/α-hetero) is 3. The number of carboxylic acids is 4. The molecule has 2 amide bonds. The van der Waals surface area contributed by atoms with Gasteiger partial charge in [-0.2, -0.15) is 0 Å². The molecule has 6 N–H and O–H groups in total. The van der Waals surface area contributed by atoms with Crippen molar-refractivity contribution in [3.8, 4) is 0 Å². The number of unbranched alkanes of at least 4 members (excludes halogenated alkanes) is 16. The first-order valence-electron chi connectivity index (χ1n) is 26.4. The van der Waals surface area contributed by atoms with Crippen molar-refractivity contribution in [2.24, 2.45) is 17.8 Å². The maximum Gasteiger partial charge on any atom is 0.306 e. The lowest BCUT2D eigenvalue weighted by atomic mass is 9.94. The molecule has 0 aliphatic carbocycles. The largest absolute Gasteiger partial charge is 0.481 e. The summed E-state index contributed by atoms with van der Waals surface area (Å²) in [7, 11) is 0. The van der Waals surface area contributed by atoms with Crippen LogP contribution in [0.3, 0.4) is 0 Å². The van der Waals surface area contributed by atoms with Gasteiger partial charge in [0.15, 0.2) is 11.6 Å². The van der Waals surface area contributed by atoms with E-state index in [-0.39, 0.29) is 134 Å². The van der Waals surface area contributed by atoms with E-state index in [4.69, 9.17) is 29.2 Å². The van der Waals surface area contributed by atoms with Crippen LogP contribution in [0.2, 0.25) is 0 Å². The average Bonchev–Trinajstić information content (AvgIpc) is 3.32. The highest BCUT2D eigenvalue weighted by molar-refractivity contribution is 5.86. The molecule has 0 aliphatic heterocycles. The van der Waals surface area contributed by atoms with Gasteiger partial charge in [0.1, 0.15) is 19.0 Å². The van der Waals surface area contributed by atoms with E-state index in [0.29, 0.717) is 38.6 Å². The molecule has 19 nitrogen and oxygen atoms in total. The molecular weight excluding hydrogens is 925 g/mol. The van der Waals surface area contributed by atoms with E-state index in [9.17, 15) is 53.4 Å². The highest BCUT2D eigenvalue weighted by Gasteiger charge is 2.23. The van der Waals surface area contributed by atoms with Crippen LogP contribution in [0, 0.1) is 17.8 Å². The summed E-state index contributed by atoms with van der Waals surface area (Å²) in [5.41, 5.74) is 0. The molecule has 19 heteroatoms. The number of carboxylic acid groups (broad SMARTS) is 4. The third-order valence-electron chi connectivity index (χ3n) is 12.1. The molecule has 0 radical (unpaired) electrons. The Morgan fingerprint density at radius 3 is 1.25 bits per heavy atom. The molecule has 0 fully saturated rings. The SMILES string of the molecule is C[C@@H](CCCCNC(=O)CC[C@H](CC(=O)COCCOCCCC(=O)COCCOCCNC(=O)CC[C@H](CC(=O)CCCCCCCCCCCCCCCCCCC(=O)O)C(=O)O)C(=O)O)C(=O)O. The van der Waals surface area contributed by atoms with Gasteiger partial charge in [0, 0.05) is 64.6 Å². The third kappa shape index (κ3) is 45.3. The molecule has 0 spiro atoms. The van der Waals surface area contributed by atoms with E-state index in [1.54, 1.807) is 6.92 Å². The summed E-state index contributed by atoms with van der Waals surface area (Å²) in [5.74, 6) is -7.51. The first-order chi connectivity index (χ1) is 34.1. The maximum absolute atomic E-state index is 12.5. The smallest absolute Gasteiger partial charge is 0.306 e. The molecule has 0 saturated carbocycles. The Kier molecular flexibility index (Phi) is 43.9. The standard InChI is InChI=1S/C52H90N2O17/c1-41(50(62)63)21-18-19-29-53-47(58)27-26-43(52(66)67)38-46(57)40-71-35-33-68-31-20-23-45(56)39-70-36-34-69-32-30-54-48(59)28-25-42(51(64)65)37-44(55)22-16-14-12-10-8-6-4-2-3-5-7-9-11-13-15-17-24-49(60)61/h41-43H,2-40H2,1H3,(H,53,58)(H,54,59)(H,60,61)(H,62,63)(H,64,65)(H,66,67)/t41-,42+,43+/m0/s1. The Hall–Kier alpha value is -4.33. The highest BCUT2D eigenvalue weighted by atomic mass is 16.5. The van der Waals surface area contributed by atoms with Gasteiger partial charge >= 0.3 is 23.9 Å². The molecule has 0 saturated heterocycles. The maximum atomic E-state index is 12.5. The minimum Gasteiger partial charge on any atom is -0.481 e. The van der Waals surface area contributed by atoms with Gasteiger partial charge in [-0.15, -0.1) is 0 Å². The summed E-state index contributed by atoms with van der Waals surface area (Å²) < 4.78 is 21.5. The molecule has 0 bridgehead atoms. The van der Waals surface area contributed by atoms with E-state index in [2.05, 4.69) is 10.6 Å². The van der Waals surface area contributed by atoms with E-state index in [0.717, 1.165) is 44.9 Å². The predicted octanol–water partition coefficient (Wildman–Crippen LogP) is 7.51. The summed E-state index contributed by atoms with van der Waals surface area (Å²) in [6.45, 7) is 2.92. The van der Waals surface area contributed by atoms with Gasteiger partial charge in [0.2, 0.25) is 11.8 Å². The van der Waals surface area contributed by atoms with Crippen molar-refractivity contribution in [3.63, 3.8) is 0 Å². The molecule has 71 heavy (non-hydrogen) atoms. The molecule has 0 heterocycles. The van der Waals surface area contributed by atoms with Crippen molar-refractivity contribution in [2.45, 2.75) is 193 Å². The van der Waals surface area contributed by atoms with Gasteiger partial charge in [-0.3, -0.25) is 43.2 Å². The number of hydrogen-bond donors (Lipinski definition) is 6. The van der Waals surface area contributed by atoms with E-state index < -0.39 is 47.4 Å². The minimum absolute atomic E-state index is 0.00720. The van der Waals surface area contributed by atoms with Crippen molar-refractivity contribution < 1.29 is 82.5 Å². The Balaban J connectivity index is 3.77. The second-order valence-electron chi connectivity index (χ2n) is 18.6. The molecule has 0 rings (SSSR count). The van der Waals surface area contributed by atoms with Gasteiger partial charge in [0.05, 0.1) is 50.8 Å². The van der Waals surface area contributed by atoms with Crippen LogP contribution in [-0.4, -0.2) is 139 Å². The normalized spacial score (nSPS) is 12.5. The molecule has 0 aliphatic rings. The Bertz CT molecular complexity index is 1490. The van der Waals surface area contributed by atoms with Crippen molar-refractivity contribution in [1.82, 2.24) is 10.6 Å².